The van der Waals surface area contributed by atoms with Gasteiger partial charge in [0.2, 0.25) is 6.79 Å². The number of ether oxygens (including phenoxy) is 2. The Labute approximate surface area is 199 Å². The normalized spacial score (nSPS) is 21.5. The van der Waals surface area contributed by atoms with Gasteiger partial charge < -0.3 is 20.5 Å². The van der Waals surface area contributed by atoms with Gasteiger partial charge in [-0.2, -0.15) is 0 Å². The van der Waals surface area contributed by atoms with Crippen LogP contribution in [-0.2, 0) is 5.54 Å². The Morgan fingerprint density at radius 2 is 1.82 bits per heavy atom. The van der Waals surface area contributed by atoms with Crippen molar-refractivity contribution in [2.24, 2.45) is 11.1 Å². The third-order valence-electron chi connectivity index (χ3n) is 6.49. The number of benzene rings is 1. The van der Waals surface area contributed by atoms with Crippen molar-refractivity contribution < 1.29 is 14.4 Å². The summed E-state index contributed by atoms with van der Waals surface area (Å²) in [6, 6.07) is 2.82. The van der Waals surface area contributed by atoms with Crippen LogP contribution in [0, 0.1) is 15.5 Å². The average molecular weight is 474 g/mol. The molecular weight excluding hydrogens is 438 g/mol. The van der Waals surface area contributed by atoms with Gasteiger partial charge in [0.15, 0.2) is 17.3 Å². The monoisotopic (exact) mass is 473 g/mol. The minimum absolute atomic E-state index is 0.0277. The fraction of sp³-hybridized carbons (Fsp3) is 0.696. The summed E-state index contributed by atoms with van der Waals surface area (Å²) >= 11 is 0. The zero-order chi connectivity index (χ0) is 24.7. The molecule has 186 valence electrons. The first-order valence-electron chi connectivity index (χ1n) is 11.8. The maximum atomic E-state index is 12.1. The van der Waals surface area contributed by atoms with Crippen molar-refractivity contribution in [3.05, 3.63) is 33.6 Å². The molecule has 1 aromatic heterocycles. The quantitative estimate of drug-likeness (QED) is 0.456. The molecule has 1 fully saturated rings. The molecule has 3 N–H and O–H groups in total. The fourth-order valence-corrected chi connectivity index (χ4v) is 5.34. The van der Waals surface area contributed by atoms with E-state index in [1.807, 2.05) is 0 Å². The van der Waals surface area contributed by atoms with Crippen LogP contribution in [0.3, 0.4) is 0 Å². The molecule has 0 amide bonds. The second kappa shape index (κ2) is 9.10. The molecule has 2 aromatic rings. The van der Waals surface area contributed by atoms with E-state index in [0.29, 0.717) is 22.9 Å². The average Bonchev–Trinajstić information content (AvgIpc) is 3.40. The summed E-state index contributed by atoms with van der Waals surface area (Å²) in [4.78, 5) is 11.7. The molecule has 2 aliphatic rings. The first kappa shape index (κ1) is 24.3. The van der Waals surface area contributed by atoms with Crippen LogP contribution in [0.1, 0.15) is 84.2 Å². The van der Waals surface area contributed by atoms with Gasteiger partial charge in [0.05, 0.1) is 22.1 Å². The van der Waals surface area contributed by atoms with Gasteiger partial charge in [-0.15, -0.1) is 5.10 Å². The lowest BCUT2D eigenvalue weighted by molar-refractivity contribution is -0.385. The summed E-state index contributed by atoms with van der Waals surface area (Å²) in [7, 11) is 0. The summed E-state index contributed by atoms with van der Waals surface area (Å²) in [5, 5.41) is 28.5. The summed E-state index contributed by atoms with van der Waals surface area (Å²) in [5.41, 5.74) is 6.12. The Kier molecular flexibility index (Phi) is 6.52. The topological polar surface area (TPSA) is 143 Å². The molecule has 1 aromatic carbocycles. The molecule has 1 aliphatic carbocycles. The highest BCUT2D eigenvalue weighted by Crippen LogP contribution is 2.42. The highest BCUT2D eigenvalue weighted by atomic mass is 16.7. The Morgan fingerprint density at radius 3 is 2.44 bits per heavy atom. The number of nitro benzene ring substituents is 1. The van der Waals surface area contributed by atoms with E-state index >= 15 is 0 Å². The lowest BCUT2D eigenvalue weighted by atomic mass is 9.81. The number of rotatable bonds is 7. The molecule has 0 bridgehead atoms. The molecule has 34 heavy (non-hydrogen) atoms. The number of nitrogens with one attached hydrogen (secondary N) is 1. The van der Waals surface area contributed by atoms with Crippen molar-refractivity contribution in [1.82, 2.24) is 25.5 Å². The smallest absolute Gasteiger partial charge is 0.278 e. The van der Waals surface area contributed by atoms with Gasteiger partial charge in [-0.05, 0) is 67.9 Å². The molecule has 11 nitrogen and oxygen atoms in total. The van der Waals surface area contributed by atoms with E-state index in [9.17, 15) is 10.1 Å². The van der Waals surface area contributed by atoms with Crippen LogP contribution in [0.4, 0.5) is 5.69 Å². The van der Waals surface area contributed by atoms with Crippen LogP contribution >= 0.6 is 0 Å². The highest BCUT2D eigenvalue weighted by Gasteiger charge is 2.38. The van der Waals surface area contributed by atoms with Crippen LogP contribution in [0.5, 0.6) is 11.5 Å². The lowest BCUT2D eigenvalue weighted by Gasteiger charge is -2.35. The maximum Gasteiger partial charge on any atom is 0.278 e. The van der Waals surface area contributed by atoms with Crippen molar-refractivity contribution in [2.45, 2.75) is 90.4 Å². The SMILES string of the molecule is CC(C)(C)CC(C)(C)n1nnnc1C(NC1CCC(N)CC1)c1cc2c(cc1[N+](=O)[O-])OCO2. The number of aromatic nitrogens is 4. The molecule has 0 spiro atoms. The number of nitrogens with zero attached hydrogens (tertiary/aromatic N) is 5. The standard InChI is InChI=1S/C23H35N7O4/c1-22(2,3)12-23(4,5)29-21(26-27-28-29)20(25-15-8-6-14(24)7-9-15)16-10-18-19(34-13-33-18)11-17(16)30(31)32/h10-11,14-15,20,25H,6-9,12-13,24H2,1-5H3. The molecule has 1 aliphatic heterocycles. The number of hydrogen-bond acceptors (Lipinski definition) is 9. The third kappa shape index (κ3) is 5.15. The zero-order valence-electron chi connectivity index (χ0n) is 20.6. The molecule has 2 heterocycles. The third-order valence-corrected chi connectivity index (χ3v) is 6.49. The molecule has 1 unspecified atom stereocenters. The van der Waals surface area contributed by atoms with Gasteiger partial charge in [0.1, 0.15) is 6.04 Å². The van der Waals surface area contributed by atoms with E-state index in [1.165, 1.54) is 6.07 Å². The molecule has 0 radical (unpaired) electrons. The Hall–Kier alpha value is -2.79. The van der Waals surface area contributed by atoms with Crippen LogP contribution in [0.15, 0.2) is 12.1 Å². The van der Waals surface area contributed by atoms with Crippen molar-refractivity contribution in [3.8, 4) is 11.5 Å². The first-order chi connectivity index (χ1) is 15.9. The largest absolute Gasteiger partial charge is 0.454 e. The summed E-state index contributed by atoms with van der Waals surface area (Å²) in [6.45, 7) is 10.7. The Morgan fingerprint density at radius 1 is 1.18 bits per heavy atom. The van der Waals surface area contributed by atoms with E-state index in [2.05, 4.69) is 55.5 Å². The van der Waals surface area contributed by atoms with E-state index in [1.54, 1.807) is 10.7 Å². The van der Waals surface area contributed by atoms with Gasteiger partial charge in [0.25, 0.3) is 5.69 Å². The van der Waals surface area contributed by atoms with E-state index in [4.69, 9.17) is 15.2 Å². The number of fused-ring (bicyclic) bond motifs is 1. The van der Waals surface area contributed by atoms with Gasteiger partial charge in [-0.1, -0.05) is 20.8 Å². The Bertz CT molecular complexity index is 1040. The van der Waals surface area contributed by atoms with Crippen LogP contribution in [0.25, 0.3) is 0 Å². The Balaban J connectivity index is 1.80. The van der Waals surface area contributed by atoms with E-state index in [0.717, 1.165) is 32.1 Å². The van der Waals surface area contributed by atoms with Crippen molar-refractivity contribution in [3.63, 3.8) is 0 Å². The molecule has 1 atom stereocenters. The number of tetrazole rings is 1. The molecule has 4 rings (SSSR count). The van der Waals surface area contributed by atoms with Crippen LogP contribution in [-0.4, -0.2) is 44.0 Å². The van der Waals surface area contributed by atoms with E-state index in [-0.39, 0.29) is 30.0 Å². The number of hydrogen-bond donors (Lipinski definition) is 2. The van der Waals surface area contributed by atoms with Crippen molar-refractivity contribution in [2.75, 3.05) is 6.79 Å². The summed E-state index contributed by atoms with van der Waals surface area (Å²) in [6.07, 6.45) is 4.36. The summed E-state index contributed by atoms with van der Waals surface area (Å²) < 4.78 is 12.8. The predicted molar refractivity (Wildman–Crippen MR) is 126 cm³/mol. The van der Waals surface area contributed by atoms with Gasteiger partial charge in [0, 0.05) is 12.1 Å². The minimum Gasteiger partial charge on any atom is -0.454 e. The minimum atomic E-state index is -0.608. The highest BCUT2D eigenvalue weighted by molar-refractivity contribution is 5.57. The molecule has 1 saturated carbocycles. The van der Waals surface area contributed by atoms with Crippen molar-refractivity contribution in [1.29, 1.82) is 0 Å². The zero-order valence-corrected chi connectivity index (χ0v) is 20.6. The second-order valence-corrected chi connectivity index (χ2v) is 11.2. The van der Waals surface area contributed by atoms with Gasteiger partial charge >= 0.3 is 0 Å². The summed E-state index contributed by atoms with van der Waals surface area (Å²) in [5.74, 6) is 1.38. The number of nitro groups is 1. The lowest BCUT2D eigenvalue weighted by Crippen LogP contribution is -2.42. The van der Waals surface area contributed by atoms with Crippen molar-refractivity contribution >= 4 is 5.69 Å². The van der Waals surface area contributed by atoms with Crippen LogP contribution < -0.4 is 20.5 Å². The number of nitrogens with two attached hydrogens (primary N) is 1. The van der Waals surface area contributed by atoms with E-state index < -0.39 is 16.5 Å². The predicted octanol–water partition coefficient (Wildman–Crippen LogP) is 3.43. The van der Waals surface area contributed by atoms with Crippen LogP contribution in [0.2, 0.25) is 0 Å². The first-order valence-corrected chi connectivity index (χ1v) is 11.8. The molecule has 11 heteroatoms. The van der Waals surface area contributed by atoms with Gasteiger partial charge in [-0.25, -0.2) is 4.68 Å². The van der Waals surface area contributed by atoms with Gasteiger partial charge in [-0.3, -0.25) is 10.1 Å². The fourth-order valence-electron chi connectivity index (χ4n) is 5.34. The maximum absolute atomic E-state index is 12.1. The molecular formula is C23H35N7O4. The second-order valence-electron chi connectivity index (χ2n) is 11.2. The molecule has 0 saturated heterocycles.